The summed E-state index contributed by atoms with van der Waals surface area (Å²) in [7, 11) is 5.12. The van der Waals surface area contributed by atoms with Gasteiger partial charge in [0, 0.05) is 50.7 Å². The van der Waals surface area contributed by atoms with Gasteiger partial charge < -0.3 is 30.2 Å². The number of carbonyl (C=O) groups excluding carboxylic acids is 2. The molecule has 0 fully saturated rings. The Hall–Kier alpha value is -4.49. The summed E-state index contributed by atoms with van der Waals surface area (Å²) >= 11 is 0. The van der Waals surface area contributed by atoms with Crippen molar-refractivity contribution in [2.75, 3.05) is 48.9 Å². The number of fused-ring (bicyclic) bond motifs is 1. The monoisotopic (exact) mass is 830 g/mol. The van der Waals surface area contributed by atoms with Crippen molar-refractivity contribution in [3.63, 3.8) is 0 Å². The summed E-state index contributed by atoms with van der Waals surface area (Å²) in [6, 6.07) is 10.1. The SMILES string of the molecule is CC/C=C\C/C=C\C/C=C\C/C=C\C/C=C\CCCC(=O)NCCSSCCN(C)C(=O)OC[C@@H](CC)Nc1nc(NCc2ccccc2)c2ncn(C(C)C)c2n1. The zero-order valence-electron chi connectivity index (χ0n) is 35.3. The minimum atomic E-state index is -0.373. The lowest BCUT2D eigenvalue weighted by molar-refractivity contribution is -0.121. The maximum absolute atomic E-state index is 12.8. The lowest BCUT2D eigenvalue weighted by atomic mass is 10.2. The Balaban J connectivity index is 1.24. The van der Waals surface area contributed by atoms with E-state index < -0.39 is 0 Å². The van der Waals surface area contributed by atoms with Gasteiger partial charge in [-0.25, -0.2) is 9.78 Å². The highest BCUT2D eigenvalue weighted by molar-refractivity contribution is 8.76. The van der Waals surface area contributed by atoms with Crippen molar-refractivity contribution in [3.05, 3.63) is 103 Å². The molecule has 0 spiro atoms. The van der Waals surface area contributed by atoms with Crippen LogP contribution in [0.2, 0.25) is 0 Å². The Labute approximate surface area is 355 Å². The molecular formula is C45H66N8O3S2. The first-order chi connectivity index (χ1) is 28.3. The molecule has 2 heterocycles. The molecule has 0 saturated carbocycles. The van der Waals surface area contributed by atoms with Crippen LogP contribution in [0.5, 0.6) is 0 Å². The standard InChI is InChI=1S/C45H66N8O3S2/c1-6-8-9-10-11-12-13-14-15-16-17-18-19-20-21-22-26-29-40(54)46-30-32-57-58-33-31-52(5)45(55)56-35-39(7-2)49-44-50-42(47-34-38-27-24-23-25-28-38)41-43(51-44)53(36-48-41)37(3)4/h8-9,11-12,14-15,17-18,20-21,23-25,27-28,36-37,39H,6-7,10,13,16,19,22,26,29-35H2,1-5H3,(H,46,54)(H2,47,49,50,51)/b9-8-,12-11-,15-14-,18-17-,21-20-/t39-/m1/s1. The Bertz CT molecular complexity index is 1760. The van der Waals surface area contributed by atoms with Crippen molar-refractivity contribution >= 4 is 56.5 Å². The molecule has 58 heavy (non-hydrogen) atoms. The first-order valence-corrected chi connectivity index (χ1v) is 23.2. The van der Waals surface area contributed by atoms with Crippen molar-refractivity contribution in [2.24, 2.45) is 0 Å². The molecule has 11 nitrogen and oxygen atoms in total. The second kappa shape index (κ2) is 29.7. The van der Waals surface area contributed by atoms with Gasteiger partial charge in [-0.05, 0) is 70.8 Å². The molecule has 3 N–H and O–H groups in total. The number of anilines is 2. The molecule has 2 amide bonds. The number of nitrogens with zero attached hydrogens (tertiary/aromatic N) is 5. The first-order valence-electron chi connectivity index (χ1n) is 20.7. The molecule has 0 aliphatic carbocycles. The lowest BCUT2D eigenvalue weighted by Crippen LogP contribution is -2.34. The predicted molar refractivity (Wildman–Crippen MR) is 247 cm³/mol. The van der Waals surface area contributed by atoms with E-state index >= 15 is 0 Å². The number of benzene rings is 1. The first kappa shape index (κ1) is 47.9. The number of rotatable bonds is 29. The third-order valence-corrected chi connectivity index (χ3v) is 11.2. The Morgan fingerprint density at radius 1 is 0.879 bits per heavy atom. The van der Waals surface area contributed by atoms with E-state index in [9.17, 15) is 9.59 Å². The van der Waals surface area contributed by atoms with Crippen LogP contribution in [-0.4, -0.2) is 80.7 Å². The van der Waals surface area contributed by atoms with Crippen LogP contribution in [0.1, 0.15) is 97.1 Å². The third-order valence-electron chi connectivity index (χ3n) is 8.86. The number of aromatic nitrogens is 4. The number of hydrogen-bond donors (Lipinski definition) is 3. The molecule has 1 atom stereocenters. The number of hydrogen-bond acceptors (Lipinski definition) is 10. The topological polar surface area (TPSA) is 126 Å². The van der Waals surface area contributed by atoms with Crippen LogP contribution in [0, 0.1) is 0 Å². The molecule has 0 bridgehead atoms. The second-order valence-corrected chi connectivity index (χ2v) is 16.7. The molecule has 316 valence electrons. The highest BCUT2D eigenvalue weighted by Crippen LogP contribution is 2.25. The van der Waals surface area contributed by atoms with Gasteiger partial charge in [-0.3, -0.25) is 4.79 Å². The molecule has 0 saturated heterocycles. The molecule has 0 radical (unpaired) electrons. The van der Waals surface area contributed by atoms with Gasteiger partial charge >= 0.3 is 6.09 Å². The van der Waals surface area contributed by atoms with E-state index in [1.807, 2.05) is 29.7 Å². The van der Waals surface area contributed by atoms with Gasteiger partial charge in [0.2, 0.25) is 11.9 Å². The summed E-state index contributed by atoms with van der Waals surface area (Å²) < 4.78 is 7.70. The Kier molecular flexibility index (Phi) is 24.5. The lowest BCUT2D eigenvalue weighted by Gasteiger charge is -2.21. The minimum absolute atomic E-state index is 0.0924. The van der Waals surface area contributed by atoms with E-state index in [0.29, 0.717) is 49.8 Å². The van der Waals surface area contributed by atoms with Crippen molar-refractivity contribution in [3.8, 4) is 0 Å². The number of amides is 2. The number of allylic oxidation sites excluding steroid dienone is 10. The normalized spacial score (nSPS) is 12.6. The van der Waals surface area contributed by atoms with Crippen molar-refractivity contribution < 1.29 is 14.3 Å². The zero-order chi connectivity index (χ0) is 41.6. The zero-order valence-corrected chi connectivity index (χ0v) is 36.9. The summed E-state index contributed by atoms with van der Waals surface area (Å²) in [6.45, 7) is 10.3. The van der Waals surface area contributed by atoms with Crippen LogP contribution in [-0.2, 0) is 16.1 Å². The number of imidazole rings is 1. The van der Waals surface area contributed by atoms with Crippen molar-refractivity contribution in [1.82, 2.24) is 29.7 Å². The fraction of sp³-hybridized carbons (Fsp3) is 0.489. The van der Waals surface area contributed by atoms with E-state index in [4.69, 9.17) is 14.7 Å². The smallest absolute Gasteiger partial charge is 0.409 e. The van der Waals surface area contributed by atoms with Gasteiger partial charge in [-0.2, -0.15) is 9.97 Å². The fourth-order valence-electron chi connectivity index (χ4n) is 5.44. The quantitative estimate of drug-likeness (QED) is 0.0354. The number of ether oxygens (including phenoxy) is 1. The molecular weight excluding hydrogens is 765 g/mol. The predicted octanol–water partition coefficient (Wildman–Crippen LogP) is 10.7. The van der Waals surface area contributed by atoms with Crippen molar-refractivity contribution in [1.29, 1.82) is 0 Å². The van der Waals surface area contributed by atoms with E-state index in [1.165, 1.54) is 0 Å². The van der Waals surface area contributed by atoms with Gasteiger partial charge in [0.25, 0.3) is 0 Å². The molecule has 0 aliphatic rings. The number of nitrogens with one attached hydrogen (secondary N) is 3. The summed E-state index contributed by atoms with van der Waals surface area (Å²) in [4.78, 5) is 40.8. The largest absolute Gasteiger partial charge is 0.447 e. The maximum atomic E-state index is 12.8. The Morgan fingerprint density at radius 3 is 2.19 bits per heavy atom. The maximum Gasteiger partial charge on any atom is 0.409 e. The average molecular weight is 831 g/mol. The van der Waals surface area contributed by atoms with E-state index in [-0.39, 0.29) is 30.7 Å². The Morgan fingerprint density at radius 2 is 1.53 bits per heavy atom. The van der Waals surface area contributed by atoms with E-state index in [1.54, 1.807) is 39.9 Å². The molecule has 13 heteroatoms. The van der Waals surface area contributed by atoms with Crippen LogP contribution < -0.4 is 16.0 Å². The number of unbranched alkanes of at least 4 members (excludes halogenated alkanes) is 1. The summed E-state index contributed by atoms with van der Waals surface area (Å²) in [5, 5.41) is 9.82. The highest BCUT2D eigenvalue weighted by atomic mass is 33.1. The van der Waals surface area contributed by atoms with E-state index in [0.717, 1.165) is 67.7 Å². The summed E-state index contributed by atoms with van der Waals surface area (Å²) in [5.41, 5.74) is 2.58. The molecule has 1 aromatic carbocycles. The van der Waals surface area contributed by atoms with Crippen LogP contribution in [0.25, 0.3) is 11.2 Å². The highest BCUT2D eigenvalue weighted by Gasteiger charge is 2.19. The van der Waals surface area contributed by atoms with Gasteiger partial charge in [0.05, 0.1) is 12.4 Å². The van der Waals surface area contributed by atoms with Gasteiger partial charge in [0.1, 0.15) is 6.61 Å². The van der Waals surface area contributed by atoms with Gasteiger partial charge in [0.15, 0.2) is 17.0 Å². The molecule has 2 aromatic heterocycles. The molecule has 3 aromatic rings. The fourth-order valence-corrected chi connectivity index (χ4v) is 7.39. The third kappa shape index (κ3) is 19.8. The van der Waals surface area contributed by atoms with E-state index in [2.05, 4.69) is 115 Å². The average Bonchev–Trinajstić information content (AvgIpc) is 3.67. The molecule has 0 aliphatic heterocycles. The van der Waals surface area contributed by atoms with Crippen LogP contribution in [0.4, 0.5) is 16.6 Å². The second-order valence-electron chi connectivity index (χ2n) is 14.0. The van der Waals surface area contributed by atoms with Gasteiger partial charge in [-0.1, -0.05) is 127 Å². The van der Waals surface area contributed by atoms with Crippen molar-refractivity contribution in [2.45, 2.75) is 104 Å². The van der Waals surface area contributed by atoms with Crippen LogP contribution in [0.15, 0.2) is 97.4 Å². The summed E-state index contributed by atoms with van der Waals surface area (Å²) in [6.07, 6.45) is 31.3. The van der Waals surface area contributed by atoms with Gasteiger partial charge in [-0.15, -0.1) is 0 Å². The van der Waals surface area contributed by atoms with Crippen LogP contribution >= 0.6 is 21.6 Å². The van der Waals surface area contributed by atoms with Crippen LogP contribution in [0.3, 0.4) is 0 Å². The summed E-state index contributed by atoms with van der Waals surface area (Å²) in [5.74, 6) is 2.75. The molecule has 3 rings (SSSR count). The minimum Gasteiger partial charge on any atom is -0.447 e. The molecule has 0 unspecified atom stereocenters. The number of carbonyl (C=O) groups is 2.